The second-order valence-electron chi connectivity index (χ2n) is 5.39. The summed E-state index contributed by atoms with van der Waals surface area (Å²) in [6.07, 6.45) is 1.39. The third-order valence-corrected chi connectivity index (χ3v) is 4.17. The first-order valence-electron chi connectivity index (χ1n) is 6.94. The smallest absolute Gasteiger partial charge is 0.320 e. The Balaban J connectivity index is 1.97. The van der Waals surface area contributed by atoms with Gasteiger partial charge in [-0.15, -0.1) is 0 Å². The summed E-state index contributed by atoms with van der Waals surface area (Å²) in [4.78, 5) is 26.7. The van der Waals surface area contributed by atoms with Crippen LogP contribution in [0.5, 0.6) is 0 Å². The number of urea groups is 1. The predicted molar refractivity (Wildman–Crippen MR) is 82.9 cm³/mol. The van der Waals surface area contributed by atoms with Gasteiger partial charge in [0.2, 0.25) is 0 Å². The van der Waals surface area contributed by atoms with Crippen LogP contribution >= 0.6 is 15.9 Å². The van der Waals surface area contributed by atoms with E-state index in [0.29, 0.717) is 26.1 Å². The molecule has 1 heterocycles. The highest BCUT2D eigenvalue weighted by molar-refractivity contribution is 9.10. The first-order chi connectivity index (χ1) is 9.97. The van der Waals surface area contributed by atoms with Gasteiger partial charge < -0.3 is 14.9 Å². The third-order valence-electron chi connectivity index (χ3n) is 3.68. The topological polar surface area (TPSA) is 60.9 Å². The summed E-state index contributed by atoms with van der Waals surface area (Å²) in [7, 11) is 1.74. The lowest BCUT2D eigenvalue weighted by Crippen LogP contribution is -2.47. The molecule has 1 atom stereocenters. The zero-order chi connectivity index (χ0) is 15.4. The van der Waals surface area contributed by atoms with E-state index in [1.54, 1.807) is 16.8 Å². The van der Waals surface area contributed by atoms with Crippen LogP contribution in [-0.2, 0) is 11.3 Å². The molecule has 0 aromatic heterocycles. The molecule has 1 aliphatic rings. The Kier molecular flexibility index (Phi) is 5.22. The minimum absolute atomic E-state index is 0.110. The Morgan fingerprint density at radius 3 is 2.90 bits per heavy atom. The summed E-state index contributed by atoms with van der Waals surface area (Å²) in [5, 5.41) is 9.09. The molecular formula is C15H19BrN2O3. The number of carbonyl (C=O) groups is 2. The van der Waals surface area contributed by atoms with Gasteiger partial charge >= 0.3 is 12.0 Å². The molecule has 0 aliphatic carbocycles. The van der Waals surface area contributed by atoms with Gasteiger partial charge in [0.25, 0.3) is 0 Å². The van der Waals surface area contributed by atoms with Gasteiger partial charge in [-0.25, -0.2) is 4.79 Å². The van der Waals surface area contributed by atoms with E-state index in [4.69, 9.17) is 5.11 Å². The van der Waals surface area contributed by atoms with Crippen molar-refractivity contribution in [2.45, 2.75) is 19.4 Å². The maximum atomic E-state index is 12.4. The highest BCUT2D eigenvalue weighted by Crippen LogP contribution is 2.19. The fourth-order valence-electron chi connectivity index (χ4n) is 2.57. The van der Waals surface area contributed by atoms with E-state index in [-0.39, 0.29) is 6.03 Å². The molecule has 1 N–H and O–H groups in total. The van der Waals surface area contributed by atoms with E-state index in [0.717, 1.165) is 16.5 Å². The number of benzene rings is 1. The second kappa shape index (κ2) is 6.93. The summed E-state index contributed by atoms with van der Waals surface area (Å²) in [5.41, 5.74) is 1.03. The zero-order valence-corrected chi connectivity index (χ0v) is 13.5. The van der Waals surface area contributed by atoms with Crippen LogP contribution in [0.1, 0.15) is 18.4 Å². The van der Waals surface area contributed by atoms with E-state index in [9.17, 15) is 9.59 Å². The fourth-order valence-corrected chi connectivity index (χ4v) is 3.02. The molecule has 6 heteroatoms. The van der Waals surface area contributed by atoms with Crippen molar-refractivity contribution in [2.24, 2.45) is 5.92 Å². The number of piperidine rings is 1. The number of likely N-dealkylation sites (tertiary alicyclic amines) is 1. The molecule has 1 fully saturated rings. The van der Waals surface area contributed by atoms with Crippen molar-refractivity contribution in [3.8, 4) is 0 Å². The number of carbonyl (C=O) groups excluding carboxylic acids is 1. The average molecular weight is 355 g/mol. The molecule has 2 rings (SSSR count). The number of rotatable bonds is 3. The Morgan fingerprint density at radius 2 is 2.24 bits per heavy atom. The molecule has 0 radical (unpaired) electrons. The molecule has 5 nitrogen and oxygen atoms in total. The standard InChI is InChI=1S/C15H19BrN2O3/c1-17(9-11-4-2-6-13(16)8-11)15(21)18-7-3-5-12(10-18)14(19)20/h2,4,6,8,12H,3,5,7,9-10H2,1H3,(H,19,20). The molecule has 114 valence electrons. The molecule has 1 aromatic rings. The number of amides is 2. The van der Waals surface area contributed by atoms with Gasteiger partial charge in [0.15, 0.2) is 0 Å². The zero-order valence-electron chi connectivity index (χ0n) is 12.0. The number of hydrogen-bond acceptors (Lipinski definition) is 2. The van der Waals surface area contributed by atoms with Gasteiger partial charge in [-0.05, 0) is 30.5 Å². The Bertz CT molecular complexity index is 535. The molecule has 1 aromatic carbocycles. The minimum atomic E-state index is -0.817. The largest absolute Gasteiger partial charge is 0.481 e. The van der Waals surface area contributed by atoms with Crippen LogP contribution in [0.4, 0.5) is 4.79 Å². The molecule has 0 saturated carbocycles. The lowest BCUT2D eigenvalue weighted by Gasteiger charge is -2.33. The van der Waals surface area contributed by atoms with Crippen molar-refractivity contribution in [3.63, 3.8) is 0 Å². The van der Waals surface area contributed by atoms with E-state index in [1.807, 2.05) is 24.3 Å². The summed E-state index contributed by atoms with van der Waals surface area (Å²) in [6.45, 7) is 1.44. The van der Waals surface area contributed by atoms with Gasteiger partial charge in [0, 0.05) is 31.2 Å². The van der Waals surface area contributed by atoms with Crippen LogP contribution in [0.3, 0.4) is 0 Å². The molecule has 1 saturated heterocycles. The Morgan fingerprint density at radius 1 is 1.48 bits per heavy atom. The van der Waals surface area contributed by atoms with E-state index < -0.39 is 11.9 Å². The van der Waals surface area contributed by atoms with Crippen LogP contribution < -0.4 is 0 Å². The number of carboxylic acids is 1. The van der Waals surface area contributed by atoms with Crippen LogP contribution in [0.15, 0.2) is 28.7 Å². The normalized spacial score (nSPS) is 18.4. The van der Waals surface area contributed by atoms with Crippen LogP contribution in [0.2, 0.25) is 0 Å². The number of aliphatic carboxylic acids is 1. The maximum Gasteiger partial charge on any atom is 0.320 e. The number of halogens is 1. The Labute approximate surface area is 132 Å². The molecule has 0 spiro atoms. The molecule has 21 heavy (non-hydrogen) atoms. The predicted octanol–water partition coefficient (Wildman–Crippen LogP) is 2.80. The first-order valence-corrected chi connectivity index (χ1v) is 7.74. The molecule has 2 amide bonds. The Hall–Kier alpha value is -1.56. The SMILES string of the molecule is CN(Cc1cccc(Br)c1)C(=O)N1CCCC(C(=O)O)C1. The van der Waals surface area contributed by atoms with Crippen molar-refractivity contribution in [3.05, 3.63) is 34.3 Å². The highest BCUT2D eigenvalue weighted by Gasteiger charge is 2.29. The van der Waals surface area contributed by atoms with Crippen molar-refractivity contribution < 1.29 is 14.7 Å². The molecule has 1 unspecified atom stereocenters. The third kappa shape index (κ3) is 4.20. The van der Waals surface area contributed by atoms with E-state index in [2.05, 4.69) is 15.9 Å². The van der Waals surface area contributed by atoms with Crippen molar-refractivity contribution in [1.29, 1.82) is 0 Å². The van der Waals surface area contributed by atoms with Gasteiger partial charge in [0.05, 0.1) is 5.92 Å². The van der Waals surface area contributed by atoms with Gasteiger partial charge in [-0.3, -0.25) is 4.79 Å². The molecule has 0 bridgehead atoms. The average Bonchev–Trinajstić information content (AvgIpc) is 2.46. The van der Waals surface area contributed by atoms with Gasteiger partial charge in [-0.2, -0.15) is 0 Å². The number of nitrogens with zero attached hydrogens (tertiary/aromatic N) is 2. The van der Waals surface area contributed by atoms with Crippen LogP contribution in [-0.4, -0.2) is 47.0 Å². The maximum absolute atomic E-state index is 12.4. The van der Waals surface area contributed by atoms with Crippen LogP contribution in [0.25, 0.3) is 0 Å². The van der Waals surface area contributed by atoms with Gasteiger partial charge in [-0.1, -0.05) is 28.1 Å². The summed E-state index contributed by atoms with van der Waals surface area (Å²) in [6, 6.07) is 7.69. The van der Waals surface area contributed by atoms with Crippen LogP contribution in [0, 0.1) is 5.92 Å². The monoisotopic (exact) mass is 354 g/mol. The number of carboxylic acid groups (broad SMARTS) is 1. The lowest BCUT2D eigenvalue weighted by atomic mass is 9.99. The first kappa shape index (κ1) is 15.8. The quantitative estimate of drug-likeness (QED) is 0.907. The van der Waals surface area contributed by atoms with E-state index >= 15 is 0 Å². The van der Waals surface area contributed by atoms with E-state index in [1.165, 1.54) is 0 Å². The minimum Gasteiger partial charge on any atom is -0.481 e. The second-order valence-corrected chi connectivity index (χ2v) is 6.31. The fraction of sp³-hybridized carbons (Fsp3) is 0.467. The van der Waals surface area contributed by atoms with Crippen molar-refractivity contribution >= 4 is 27.9 Å². The van der Waals surface area contributed by atoms with Crippen molar-refractivity contribution in [2.75, 3.05) is 20.1 Å². The lowest BCUT2D eigenvalue weighted by molar-refractivity contribution is -0.143. The number of hydrogen-bond donors (Lipinski definition) is 1. The summed E-state index contributed by atoms with van der Waals surface area (Å²) < 4.78 is 0.977. The van der Waals surface area contributed by atoms with Gasteiger partial charge in [0.1, 0.15) is 0 Å². The summed E-state index contributed by atoms with van der Waals surface area (Å²) in [5.74, 6) is -1.26. The summed E-state index contributed by atoms with van der Waals surface area (Å²) >= 11 is 3.41. The molecular weight excluding hydrogens is 336 g/mol. The highest BCUT2D eigenvalue weighted by atomic mass is 79.9. The van der Waals surface area contributed by atoms with Crippen molar-refractivity contribution in [1.82, 2.24) is 9.80 Å². The molecule has 1 aliphatic heterocycles.